The van der Waals surface area contributed by atoms with Crippen molar-refractivity contribution in [3.8, 4) is 0 Å². The average Bonchev–Trinajstić information content (AvgIpc) is 2.90. The van der Waals surface area contributed by atoms with Crippen molar-refractivity contribution >= 4 is 51.7 Å². The highest BCUT2D eigenvalue weighted by molar-refractivity contribution is 7.17. The van der Waals surface area contributed by atoms with E-state index in [4.69, 9.17) is 27.9 Å². The largest absolute Gasteiger partial charge is 0.425 e. The number of carbonyl (C=O) groups is 1. The average molecular weight is 359 g/mol. The summed E-state index contributed by atoms with van der Waals surface area (Å²) in [5.41, 5.74) is 0.668. The zero-order chi connectivity index (χ0) is 16.1. The Morgan fingerprint density at radius 3 is 2.59 bits per heavy atom. The van der Waals surface area contributed by atoms with E-state index < -0.39 is 17.6 Å². The van der Waals surface area contributed by atoms with Gasteiger partial charge >= 0.3 is 5.97 Å². The Morgan fingerprint density at radius 1 is 1.27 bits per heavy atom. The second-order valence-corrected chi connectivity index (χ2v) is 6.97. The molecule has 0 radical (unpaired) electrons. The fraction of sp³-hybridized carbons (Fsp3) is 0.133. The minimum atomic E-state index is -1.81. The summed E-state index contributed by atoms with van der Waals surface area (Å²) in [5, 5.41) is 10.5. The maximum Gasteiger partial charge on any atom is 0.342 e. The fourth-order valence-electron chi connectivity index (χ4n) is 2.35. The van der Waals surface area contributed by atoms with Gasteiger partial charge in [0, 0.05) is 17.4 Å². The number of esters is 1. The van der Waals surface area contributed by atoms with E-state index in [0.29, 0.717) is 14.8 Å². The normalized spacial score (nSPS) is 21.4. The molecule has 2 heterocycles. The molecule has 1 unspecified atom stereocenters. The summed E-state index contributed by atoms with van der Waals surface area (Å²) in [6, 6.07) is 7.00. The van der Waals surface area contributed by atoms with Crippen LogP contribution in [0.15, 0.2) is 30.3 Å². The molecule has 3 nitrogen and oxygen atoms in total. The van der Waals surface area contributed by atoms with Gasteiger partial charge in [0.05, 0.1) is 20.5 Å². The van der Waals surface area contributed by atoms with E-state index in [2.05, 4.69) is 0 Å². The topological polar surface area (TPSA) is 46.5 Å². The summed E-state index contributed by atoms with van der Waals surface area (Å²) < 4.78 is 18.8. The van der Waals surface area contributed by atoms with Crippen LogP contribution in [0.5, 0.6) is 0 Å². The van der Waals surface area contributed by atoms with Gasteiger partial charge in [-0.3, -0.25) is 0 Å². The van der Waals surface area contributed by atoms with E-state index in [1.54, 1.807) is 12.1 Å². The lowest BCUT2D eigenvalue weighted by Crippen LogP contribution is -2.25. The Kier molecular flexibility index (Phi) is 3.77. The van der Waals surface area contributed by atoms with Gasteiger partial charge in [0.2, 0.25) is 5.79 Å². The minimum absolute atomic E-state index is 0.0600. The molecule has 0 spiro atoms. The molecule has 1 aromatic carbocycles. The second kappa shape index (κ2) is 5.35. The Hall–Kier alpha value is -1.40. The number of halogens is 3. The third-order valence-corrected chi connectivity index (χ3v) is 4.79. The van der Waals surface area contributed by atoms with Crippen molar-refractivity contribution in [1.82, 2.24) is 0 Å². The summed E-state index contributed by atoms with van der Waals surface area (Å²) in [6.45, 7) is 1.36. The van der Waals surface area contributed by atoms with Crippen LogP contribution in [-0.2, 0) is 9.53 Å². The number of ether oxygens (including phenoxy) is 1. The fourth-order valence-corrected chi connectivity index (χ4v) is 3.80. The number of hydrogen-bond acceptors (Lipinski definition) is 4. The molecule has 22 heavy (non-hydrogen) atoms. The van der Waals surface area contributed by atoms with Crippen LogP contribution < -0.4 is 0 Å². The number of cyclic esters (lactones) is 1. The van der Waals surface area contributed by atoms with Gasteiger partial charge < -0.3 is 9.84 Å². The number of carbonyl (C=O) groups excluding carboxylic acids is 1. The number of thiophene rings is 1. The van der Waals surface area contributed by atoms with Crippen LogP contribution in [0, 0.1) is 5.82 Å². The van der Waals surface area contributed by atoms with Gasteiger partial charge in [-0.1, -0.05) is 23.2 Å². The molecule has 0 aliphatic carbocycles. The molecule has 1 aliphatic heterocycles. The van der Waals surface area contributed by atoms with Crippen molar-refractivity contribution in [3.05, 3.63) is 55.9 Å². The lowest BCUT2D eigenvalue weighted by molar-refractivity contribution is -0.169. The monoisotopic (exact) mass is 358 g/mol. The second-order valence-electron chi connectivity index (χ2n) is 4.85. The molecule has 2 aromatic rings. The summed E-state index contributed by atoms with van der Waals surface area (Å²) in [6.07, 6.45) is 0. The standard InChI is InChI=1S/C15H9Cl2FO3S/c1-15(20)13(10-4-5-11(17)22-10)12(14(19)21-15)8-3-2-7(18)6-9(8)16/h2-6,20H,1H3. The van der Waals surface area contributed by atoms with E-state index in [1.807, 2.05) is 0 Å². The van der Waals surface area contributed by atoms with Crippen molar-refractivity contribution in [2.75, 3.05) is 0 Å². The van der Waals surface area contributed by atoms with Gasteiger partial charge in [-0.05, 0) is 30.3 Å². The Labute approximate surface area is 139 Å². The van der Waals surface area contributed by atoms with Crippen LogP contribution in [-0.4, -0.2) is 16.9 Å². The van der Waals surface area contributed by atoms with Crippen LogP contribution in [0.25, 0.3) is 11.1 Å². The predicted octanol–water partition coefficient (Wildman–Crippen LogP) is 4.37. The highest BCUT2D eigenvalue weighted by atomic mass is 35.5. The molecule has 1 aliphatic rings. The first-order chi connectivity index (χ1) is 10.3. The maximum absolute atomic E-state index is 13.2. The molecule has 0 fully saturated rings. The van der Waals surface area contributed by atoms with Gasteiger partial charge in [-0.15, -0.1) is 11.3 Å². The number of rotatable bonds is 2. The molecule has 1 aromatic heterocycles. The highest BCUT2D eigenvalue weighted by Gasteiger charge is 2.45. The molecule has 1 N–H and O–H groups in total. The Morgan fingerprint density at radius 2 is 2.00 bits per heavy atom. The molecular formula is C15H9Cl2FO3S. The summed E-state index contributed by atoms with van der Waals surface area (Å²) in [5.74, 6) is -3.05. The van der Waals surface area contributed by atoms with E-state index in [-0.39, 0.29) is 16.2 Å². The molecule has 114 valence electrons. The predicted molar refractivity (Wildman–Crippen MR) is 84.3 cm³/mol. The first-order valence-electron chi connectivity index (χ1n) is 6.21. The van der Waals surface area contributed by atoms with E-state index in [9.17, 15) is 14.3 Å². The van der Waals surface area contributed by atoms with Crippen LogP contribution in [0.1, 0.15) is 17.4 Å². The summed E-state index contributed by atoms with van der Waals surface area (Å²) >= 11 is 13.2. The zero-order valence-electron chi connectivity index (χ0n) is 11.2. The Bertz CT molecular complexity index is 811. The van der Waals surface area contributed by atoms with Crippen molar-refractivity contribution in [1.29, 1.82) is 0 Å². The molecule has 0 saturated heterocycles. The van der Waals surface area contributed by atoms with Crippen molar-refractivity contribution < 1.29 is 19.0 Å². The van der Waals surface area contributed by atoms with Crippen LogP contribution in [0.4, 0.5) is 4.39 Å². The number of benzene rings is 1. The quantitative estimate of drug-likeness (QED) is 0.810. The van der Waals surface area contributed by atoms with Crippen molar-refractivity contribution in [2.24, 2.45) is 0 Å². The van der Waals surface area contributed by atoms with Crippen LogP contribution in [0.3, 0.4) is 0 Å². The lowest BCUT2D eigenvalue weighted by atomic mass is 9.96. The molecular weight excluding hydrogens is 350 g/mol. The molecule has 3 rings (SSSR count). The van der Waals surface area contributed by atoms with Crippen LogP contribution >= 0.6 is 34.5 Å². The van der Waals surface area contributed by atoms with Gasteiger partial charge in [0.15, 0.2) is 0 Å². The molecule has 0 amide bonds. The van der Waals surface area contributed by atoms with Gasteiger partial charge in [-0.25, -0.2) is 9.18 Å². The van der Waals surface area contributed by atoms with Gasteiger partial charge in [-0.2, -0.15) is 0 Å². The Balaban J connectivity index is 2.29. The van der Waals surface area contributed by atoms with Crippen molar-refractivity contribution in [3.63, 3.8) is 0 Å². The molecule has 0 saturated carbocycles. The molecule has 7 heteroatoms. The SMILES string of the molecule is CC1(O)OC(=O)C(c2ccc(F)cc2Cl)=C1c1ccc(Cl)s1. The van der Waals surface area contributed by atoms with E-state index in [0.717, 1.165) is 6.07 Å². The van der Waals surface area contributed by atoms with Gasteiger partial charge in [0.25, 0.3) is 0 Å². The third kappa shape index (κ3) is 2.54. The molecule has 1 atom stereocenters. The lowest BCUT2D eigenvalue weighted by Gasteiger charge is -2.18. The van der Waals surface area contributed by atoms with Crippen molar-refractivity contribution in [2.45, 2.75) is 12.7 Å². The first-order valence-corrected chi connectivity index (χ1v) is 7.78. The third-order valence-electron chi connectivity index (χ3n) is 3.23. The summed E-state index contributed by atoms with van der Waals surface area (Å²) in [4.78, 5) is 12.8. The molecule has 0 bridgehead atoms. The minimum Gasteiger partial charge on any atom is -0.425 e. The number of aliphatic hydroxyl groups is 1. The first kappa shape index (κ1) is 15.5. The number of hydrogen-bond donors (Lipinski definition) is 1. The summed E-state index contributed by atoms with van der Waals surface area (Å²) in [7, 11) is 0. The highest BCUT2D eigenvalue weighted by Crippen LogP contribution is 2.46. The van der Waals surface area contributed by atoms with E-state index >= 15 is 0 Å². The smallest absolute Gasteiger partial charge is 0.342 e. The zero-order valence-corrected chi connectivity index (χ0v) is 13.5. The maximum atomic E-state index is 13.2. The van der Waals surface area contributed by atoms with Crippen LogP contribution in [0.2, 0.25) is 9.36 Å². The van der Waals surface area contributed by atoms with E-state index in [1.165, 1.54) is 30.4 Å². The van der Waals surface area contributed by atoms with Gasteiger partial charge in [0.1, 0.15) is 5.82 Å².